The van der Waals surface area contributed by atoms with E-state index in [0.29, 0.717) is 36.5 Å². The van der Waals surface area contributed by atoms with Crippen LogP contribution in [0.15, 0.2) is 42.5 Å². The monoisotopic (exact) mass is 534 g/mol. The van der Waals surface area contributed by atoms with Gasteiger partial charge in [-0.25, -0.2) is 4.79 Å². The third-order valence-electron chi connectivity index (χ3n) is 8.60. The molecular weight excluding hydrogens is 488 g/mol. The molecule has 2 aromatic rings. The highest BCUT2D eigenvalue weighted by atomic mass is 16.5. The first-order chi connectivity index (χ1) is 18.9. The van der Waals surface area contributed by atoms with Gasteiger partial charge in [0, 0.05) is 24.7 Å². The van der Waals surface area contributed by atoms with Crippen molar-refractivity contribution in [1.82, 2.24) is 10.2 Å². The Bertz CT molecular complexity index is 1110. The van der Waals surface area contributed by atoms with Gasteiger partial charge < -0.3 is 15.2 Å². The van der Waals surface area contributed by atoms with Crippen molar-refractivity contribution in [2.24, 2.45) is 5.92 Å². The van der Waals surface area contributed by atoms with Crippen LogP contribution in [0.2, 0.25) is 0 Å². The van der Waals surface area contributed by atoms with E-state index in [-0.39, 0.29) is 5.91 Å². The molecule has 0 bridgehead atoms. The summed E-state index contributed by atoms with van der Waals surface area (Å²) in [5.74, 6) is -0.663. The van der Waals surface area contributed by atoms with Gasteiger partial charge >= 0.3 is 5.97 Å². The number of nitrogens with zero attached hydrogens (tertiary/aromatic N) is 1. The lowest BCUT2D eigenvalue weighted by Crippen LogP contribution is -2.40. The molecule has 0 spiro atoms. The number of likely N-dealkylation sites (tertiary alicyclic amines) is 1. The molecule has 2 fully saturated rings. The van der Waals surface area contributed by atoms with Gasteiger partial charge in [0.15, 0.2) is 0 Å². The maximum Gasteiger partial charge on any atom is 0.326 e. The van der Waals surface area contributed by atoms with Gasteiger partial charge in [-0.2, -0.15) is 0 Å². The summed E-state index contributed by atoms with van der Waals surface area (Å²) in [6.07, 6.45) is 10.1. The molecule has 0 aromatic heterocycles. The molecule has 6 nitrogen and oxygen atoms in total. The number of carboxylic acid groups (broad SMARTS) is 1. The second kappa shape index (κ2) is 14.1. The number of aliphatic carboxylic acids is 1. The summed E-state index contributed by atoms with van der Waals surface area (Å²) in [6, 6.07) is 13.6. The first-order valence-electron chi connectivity index (χ1n) is 15.0. The third-order valence-corrected chi connectivity index (χ3v) is 8.60. The zero-order valence-corrected chi connectivity index (χ0v) is 24.0. The zero-order valence-electron chi connectivity index (χ0n) is 24.0. The van der Waals surface area contributed by atoms with Crippen molar-refractivity contribution in [3.63, 3.8) is 0 Å². The first kappa shape index (κ1) is 29.3. The molecule has 0 radical (unpaired) electrons. The van der Waals surface area contributed by atoms with Crippen molar-refractivity contribution < 1.29 is 19.4 Å². The van der Waals surface area contributed by atoms with Crippen molar-refractivity contribution in [2.75, 3.05) is 13.2 Å². The van der Waals surface area contributed by atoms with Gasteiger partial charge in [0.25, 0.3) is 5.91 Å². The van der Waals surface area contributed by atoms with Gasteiger partial charge in [0.1, 0.15) is 6.04 Å². The highest BCUT2D eigenvalue weighted by Crippen LogP contribution is 2.32. The number of nitrogens with one attached hydrogen (secondary N) is 1. The summed E-state index contributed by atoms with van der Waals surface area (Å²) in [7, 11) is 0. The minimum absolute atomic E-state index is 0.341. The van der Waals surface area contributed by atoms with E-state index in [9.17, 15) is 14.7 Å². The van der Waals surface area contributed by atoms with Crippen molar-refractivity contribution in [3.05, 3.63) is 59.2 Å². The predicted molar refractivity (Wildman–Crippen MR) is 156 cm³/mol. The minimum Gasteiger partial charge on any atom is -0.480 e. The topological polar surface area (TPSA) is 78.9 Å². The molecule has 2 aliphatic rings. The number of hydrogen-bond acceptors (Lipinski definition) is 4. The van der Waals surface area contributed by atoms with E-state index in [1.165, 1.54) is 44.9 Å². The summed E-state index contributed by atoms with van der Waals surface area (Å²) >= 11 is 0. The maximum atomic E-state index is 13.4. The number of carbonyl (C=O) groups excluding carboxylic acids is 1. The number of ether oxygens (including phenoxy) is 1. The second-order valence-electron chi connectivity index (χ2n) is 11.5. The van der Waals surface area contributed by atoms with Crippen LogP contribution in [-0.4, -0.2) is 53.2 Å². The number of carboxylic acids is 1. The van der Waals surface area contributed by atoms with E-state index in [4.69, 9.17) is 4.74 Å². The lowest BCUT2D eigenvalue weighted by molar-refractivity contribution is -0.139. The van der Waals surface area contributed by atoms with Gasteiger partial charge in [-0.1, -0.05) is 76.3 Å². The lowest BCUT2D eigenvalue weighted by atomic mass is 9.93. The van der Waals surface area contributed by atoms with Crippen molar-refractivity contribution in [2.45, 2.75) is 103 Å². The smallest absolute Gasteiger partial charge is 0.326 e. The van der Waals surface area contributed by atoms with Crippen LogP contribution in [0.1, 0.15) is 93.1 Å². The Kier molecular flexibility index (Phi) is 10.6. The van der Waals surface area contributed by atoms with Crippen LogP contribution in [-0.2, 0) is 16.1 Å². The molecule has 39 heavy (non-hydrogen) atoms. The van der Waals surface area contributed by atoms with Crippen molar-refractivity contribution in [3.8, 4) is 11.1 Å². The molecule has 2 N–H and O–H groups in total. The molecule has 212 valence electrons. The summed E-state index contributed by atoms with van der Waals surface area (Å²) in [4.78, 5) is 27.6. The Morgan fingerprint density at radius 1 is 1.08 bits per heavy atom. The molecule has 1 aliphatic carbocycles. The van der Waals surface area contributed by atoms with E-state index in [1.54, 1.807) is 0 Å². The predicted octanol–water partition coefficient (Wildman–Crippen LogP) is 6.59. The van der Waals surface area contributed by atoms with Crippen LogP contribution in [0.5, 0.6) is 0 Å². The van der Waals surface area contributed by atoms with Gasteiger partial charge in [0.2, 0.25) is 0 Å². The van der Waals surface area contributed by atoms with Crippen molar-refractivity contribution in [1.29, 1.82) is 0 Å². The number of benzene rings is 2. The SMILES string of the molecule is CCC[C@H](NC(=O)c1ccc(CN2C[C@H](CC)CC2COC2CCCCC2)cc1-c1ccccc1C)C(=O)O. The fourth-order valence-electron chi connectivity index (χ4n) is 6.23. The average molecular weight is 535 g/mol. The Morgan fingerprint density at radius 2 is 1.85 bits per heavy atom. The van der Waals surface area contributed by atoms with Gasteiger partial charge in [-0.3, -0.25) is 9.69 Å². The standard InChI is InChI=1S/C33H46N2O4/c1-4-11-31(33(37)38)34-32(36)29-17-16-25(19-30(29)28-15-10-9-12-23(28)3)21-35-20-24(5-2)18-26(35)22-39-27-13-7-6-8-14-27/h9-10,12,15-17,19,24,26-27,31H,4-8,11,13-14,18,20-22H2,1-3H3,(H,34,36)(H,37,38)/t24-,26?,31+/m1/s1. The number of hydrogen-bond donors (Lipinski definition) is 2. The first-order valence-corrected chi connectivity index (χ1v) is 15.0. The number of carbonyl (C=O) groups is 2. The largest absolute Gasteiger partial charge is 0.480 e. The van der Waals surface area contributed by atoms with Crippen LogP contribution in [0.4, 0.5) is 0 Å². The minimum atomic E-state index is -1.000. The zero-order chi connectivity index (χ0) is 27.8. The summed E-state index contributed by atoms with van der Waals surface area (Å²) in [5.41, 5.74) is 4.60. The van der Waals surface area contributed by atoms with Gasteiger partial charge in [-0.05, 0) is 72.9 Å². The van der Waals surface area contributed by atoms with E-state index in [2.05, 4.69) is 23.2 Å². The summed E-state index contributed by atoms with van der Waals surface area (Å²) < 4.78 is 6.42. The molecule has 1 saturated heterocycles. The molecule has 1 heterocycles. The van der Waals surface area contributed by atoms with E-state index in [0.717, 1.165) is 42.0 Å². The molecular formula is C33H46N2O4. The molecule has 6 heteroatoms. The fraction of sp³-hybridized carbons (Fsp3) is 0.576. The summed E-state index contributed by atoms with van der Waals surface area (Å²) in [6.45, 7) is 8.91. The Morgan fingerprint density at radius 3 is 2.54 bits per heavy atom. The maximum absolute atomic E-state index is 13.4. The number of amides is 1. The van der Waals surface area contributed by atoms with E-state index in [1.807, 2.05) is 50.2 Å². The average Bonchev–Trinajstić information content (AvgIpc) is 3.34. The van der Waals surface area contributed by atoms with E-state index >= 15 is 0 Å². The van der Waals surface area contributed by atoms with Crippen LogP contribution in [0.25, 0.3) is 11.1 Å². The van der Waals surface area contributed by atoms with Crippen LogP contribution < -0.4 is 5.32 Å². The number of aryl methyl sites for hydroxylation is 1. The van der Waals surface area contributed by atoms with Gasteiger partial charge in [-0.15, -0.1) is 0 Å². The summed E-state index contributed by atoms with van der Waals surface area (Å²) in [5, 5.41) is 12.4. The highest BCUT2D eigenvalue weighted by molar-refractivity contribution is 6.02. The molecule has 2 aromatic carbocycles. The van der Waals surface area contributed by atoms with E-state index < -0.39 is 12.0 Å². The van der Waals surface area contributed by atoms with Gasteiger partial charge in [0.05, 0.1) is 12.7 Å². The molecule has 1 aliphatic heterocycles. The molecule has 1 saturated carbocycles. The third kappa shape index (κ3) is 7.70. The quantitative estimate of drug-likeness (QED) is 0.321. The molecule has 3 atom stereocenters. The highest BCUT2D eigenvalue weighted by Gasteiger charge is 2.32. The number of rotatable bonds is 12. The normalized spacial score (nSPS) is 21.1. The Labute approximate surface area is 234 Å². The fourth-order valence-corrected chi connectivity index (χ4v) is 6.23. The molecule has 1 amide bonds. The van der Waals surface area contributed by atoms with Crippen LogP contribution in [0.3, 0.4) is 0 Å². The molecule has 4 rings (SSSR count). The lowest BCUT2D eigenvalue weighted by Gasteiger charge is -2.28. The second-order valence-corrected chi connectivity index (χ2v) is 11.5. The van der Waals surface area contributed by atoms with Crippen LogP contribution >= 0.6 is 0 Å². The Hall–Kier alpha value is -2.70. The van der Waals surface area contributed by atoms with Crippen molar-refractivity contribution >= 4 is 11.9 Å². The molecule has 1 unspecified atom stereocenters. The Balaban J connectivity index is 1.57. The van der Waals surface area contributed by atoms with Crippen LogP contribution in [0, 0.1) is 12.8 Å².